The number of nitrogens with zero attached hydrogens (tertiary/aromatic N) is 1. The van der Waals surface area contributed by atoms with Crippen LogP contribution in [0, 0.1) is 0 Å². The number of anilines is 1. The third-order valence-corrected chi connectivity index (χ3v) is 4.63. The fraction of sp³-hybridized carbons (Fsp3) is 0.273. The minimum absolute atomic E-state index is 0.0432. The first kappa shape index (κ1) is 23.9. The highest BCUT2D eigenvalue weighted by molar-refractivity contribution is 6.42. The van der Waals surface area contributed by atoms with Crippen LogP contribution in [0.5, 0.6) is 5.75 Å². The summed E-state index contributed by atoms with van der Waals surface area (Å²) in [5.41, 5.74) is -0.137. The summed E-state index contributed by atoms with van der Waals surface area (Å²) in [5.74, 6) is -0.850. The molecular weight excluding hydrogens is 470 g/mol. The molecule has 0 N–H and O–H groups in total. The molecule has 0 saturated carbocycles. The second kappa shape index (κ2) is 8.67. The fourth-order valence-electron chi connectivity index (χ4n) is 2.97. The molecule has 1 aliphatic rings. The van der Waals surface area contributed by atoms with Crippen LogP contribution in [0.1, 0.15) is 31.9 Å². The van der Waals surface area contributed by atoms with E-state index in [9.17, 15) is 22.8 Å². The van der Waals surface area contributed by atoms with E-state index in [1.165, 1.54) is 42.5 Å². The number of hydrogen-bond donors (Lipinski definition) is 0. The van der Waals surface area contributed by atoms with Gasteiger partial charge in [-0.15, -0.1) is 0 Å². The monoisotopic (exact) mass is 487 g/mol. The van der Waals surface area contributed by atoms with Crippen LogP contribution in [-0.2, 0) is 9.53 Å². The number of benzene rings is 2. The van der Waals surface area contributed by atoms with Gasteiger partial charge in [-0.3, -0.25) is 4.79 Å². The van der Waals surface area contributed by atoms with Gasteiger partial charge in [0.25, 0.3) is 5.91 Å². The van der Waals surface area contributed by atoms with Crippen LogP contribution in [0.15, 0.2) is 36.4 Å². The van der Waals surface area contributed by atoms with Crippen LogP contribution < -0.4 is 9.64 Å². The summed E-state index contributed by atoms with van der Waals surface area (Å²) in [6, 6.07) is 8.49. The highest BCUT2D eigenvalue weighted by Gasteiger charge is 2.39. The van der Waals surface area contributed by atoms with Gasteiger partial charge in [-0.25, -0.2) is 9.69 Å². The van der Waals surface area contributed by atoms with Gasteiger partial charge in [-0.2, -0.15) is 13.2 Å². The lowest BCUT2D eigenvalue weighted by molar-refractivity contribution is -0.153. The maximum Gasteiger partial charge on any atom is 0.422 e. The molecule has 1 aliphatic heterocycles. The molecule has 0 spiro atoms. The standard InChI is InChI=1S/C22H18Cl2F3NO4/c1-21(2,3)32-20(30)28-17-10-14(24)4-6-15(17)16(19(28)29)9-12-8-13(23)5-7-18(12)31-11-22(25,26)27/h4-10H,11H2,1-3H3. The number of halogens is 5. The predicted molar refractivity (Wildman–Crippen MR) is 116 cm³/mol. The Morgan fingerprint density at radius 3 is 2.31 bits per heavy atom. The number of ether oxygens (including phenoxy) is 2. The Bertz CT molecular complexity index is 1110. The lowest BCUT2D eigenvalue weighted by atomic mass is 10.0. The molecule has 0 bridgehead atoms. The van der Waals surface area contributed by atoms with E-state index in [1.807, 2.05) is 0 Å². The fourth-order valence-corrected chi connectivity index (χ4v) is 3.32. The van der Waals surface area contributed by atoms with Crippen molar-refractivity contribution in [2.45, 2.75) is 32.5 Å². The number of hydrogen-bond acceptors (Lipinski definition) is 4. The lowest BCUT2D eigenvalue weighted by Crippen LogP contribution is -2.38. The van der Waals surface area contributed by atoms with Crippen LogP contribution in [0.4, 0.5) is 23.7 Å². The second-order valence-electron chi connectivity index (χ2n) is 7.93. The van der Waals surface area contributed by atoms with Crippen molar-refractivity contribution in [1.82, 2.24) is 0 Å². The summed E-state index contributed by atoms with van der Waals surface area (Å²) in [6.45, 7) is 3.43. The Labute approximate surface area is 192 Å². The zero-order chi connectivity index (χ0) is 23.8. The van der Waals surface area contributed by atoms with E-state index in [-0.39, 0.29) is 32.6 Å². The molecule has 2 aromatic carbocycles. The highest BCUT2D eigenvalue weighted by atomic mass is 35.5. The largest absolute Gasteiger partial charge is 0.483 e. The molecule has 170 valence electrons. The van der Waals surface area contributed by atoms with E-state index in [4.69, 9.17) is 32.7 Å². The van der Waals surface area contributed by atoms with E-state index in [0.717, 1.165) is 4.90 Å². The number of imide groups is 1. The van der Waals surface area contributed by atoms with Crippen LogP contribution in [0.3, 0.4) is 0 Å². The van der Waals surface area contributed by atoms with Gasteiger partial charge in [0.2, 0.25) is 0 Å². The van der Waals surface area contributed by atoms with Crippen molar-refractivity contribution in [3.8, 4) is 5.75 Å². The Morgan fingerprint density at radius 2 is 1.69 bits per heavy atom. The van der Waals surface area contributed by atoms with Gasteiger partial charge >= 0.3 is 12.3 Å². The molecule has 0 saturated heterocycles. The number of alkyl halides is 3. The molecule has 0 aliphatic carbocycles. The highest BCUT2D eigenvalue weighted by Crippen LogP contribution is 2.41. The predicted octanol–water partition coefficient (Wildman–Crippen LogP) is 6.76. The summed E-state index contributed by atoms with van der Waals surface area (Å²) >= 11 is 12.1. The maximum absolute atomic E-state index is 13.2. The van der Waals surface area contributed by atoms with Crippen LogP contribution in [0.25, 0.3) is 11.6 Å². The van der Waals surface area contributed by atoms with Crippen molar-refractivity contribution in [2.75, 3.05) is 11.5 Å². The number of amides is 2. The summed E-state index contributed by atoms with van der Waals surface area (Å²) < 4.78 is 48.1. The zero-order valence-electron chi connectivity index (χ0n) is 17.2. The van der Waals surface area contributed by atoms with Gasteiger partial charge < -0.3 is 9.47 Å². The zero-order valence-corrected chi connectivity index (χ0v) is 18.7. The molecule has 32 heavy (non-hydrogen) atoms. The molecule has 1 heterocycles. The summed E-state index contributed by atoms with van der Waals surface area (Å²) in [4.78, 5) is 26.7. The van der Waals surface area contributed by atoms with Crippen LogP contribution >= 0.6 is 23.2 Å². The summed E-state index contributed by atoms with van der Waals surface area (Å²) in [7, 11) is 0. The van der Waals surface area contributed by atoms with Gasteiger partial charge in [-0.05, 0) is 57.2 Å². The average Bonchev–Trinajstić information content (AvgIpc) is 2.90. The third-order valence-electron chi connectivity index (χ3n) is 4.16. The van der Waals surface area contributed by atoms with E-state index in [1.54, 1.807) is 20.8 Å². The molecule has 3 rings (SSSR count). The van der Waals surface area contributed by atoms with Crippen molar-refractivity contribution in [3.05, 3.63) is 57.6 Å². The molecule has 10 heteroatoms. The minimum atomic E-state index is -4.55. The Hall–Kier alpha value is -2.71. The lowest BCUT2D eigenvalue weighted by Gasteiger charge is -2.23. The average molecular weight is 488 g/mol. The van der Waals surface area contributed by atoms with E-state index < -0.39 is 30.4 Å². The minimum Gasteiger partial charge on any atom is -0.483 e. The Balaban J connectivity index is 2.08. The van der Waals surface area contributed by atoms with Gasteiger partial charge in [0.15, 0.2) is 6.61 Å². The van der Waals surface area contributed by atoms with Crippen molar-refractivity contribution < 1.29 is 32.2 Å². The first-order chi connectivity index (χ1) is 14.7. The first-order valence-electron chi connectivity index (χ1n) is 9.33. The topological polar surface area (TPSA) is 55.8 Å². The molecule has 0 atom stereocenters. The van der Waals surface area contributed by atoms with E-state index in [0.29, 0.717) is 5.56 Å². The molecule has 0 aromatic heterocycles. The Morgan fingerprint density at radius 1 is 1.06 bits per heavy atom. The van der Waals surface area contributed by atoms with Crippen molar-refractivity contribution in [3.63, 3.8) is 0 Å². The Kier molecular flexibility index (Phi) is 6.49. The maximum atomic E-state index is 13.2. The number of carbonyl (C=O) groups is 2. The van der Waals surface area contributed by atoms with Crippen molar-refractivity contribution in [1.29, 1.82) is 0 Å². The van der Waals surface area contributed by atoms with Crippen molar-refractivity contribution in [2.24, 2.45) is 0 Å². The number of fused-ring (bicyclic) bond motifs is 1. The molecule has 0 fully saturated rings. The van der Waals surface area contributed by atoms with E-state index >= 15 is 0 Å². The number of carbonyl (C=O) groups excluding carboxylic acids is 2. The number of rotatable bonds is 3. The van der Waals surface area contributed by atoms with Gasteiger partial charge in [0.1, 0.15) is 11.4 Å². The van der Waals surface area contributed by atoms with Crippen LogP contribution in [0.2, 0.25) is 10.0 Å². The molecule has 5 nitrogen and oxygen atoms in total. The molecule has 0 unspecified atom stereocenters. The molecule has 2 aromatic rings. The van der Waals surface area contributed by atoms with Gasteiger partial charge in [0.05, 0.1) is 11.3 Å². The smallest absolute Gasteiger partial charge is 0.422 e. The SMILES string of the molecule is CC(C)(C)OC(=O)N1C(=O)C(=Cc2cc(Cl)ccc2OCC(F)(F)F)c2ccc(Cl)cc21. The van der Waals surface area contributed by atoms with Crippen molar-refractivity contribution >= 4 is 52.5 Å². The third kappa shape index (κ3) is 5.55. The normalized spacial score (nSPS) is 15.2. The first-order valence-corrected chi connectivity index (χ1v) is 10.1. The summed E-state index contributed by atoms with van der Waals surface area (Å²) in [5, 5.41) is 0.505. The molecule has 2 amide bonds. The van der Waals surface area contributed by atoms with E-state index in [2.05, 4.69) is 0 Å². The van der Waals surface area contributed by atoms with Gasteiger partial charge in [-0.1, -0.05) is 29.3 Å². The molecular formula is C22H18Cl2F3NO4. The van der Waals surface area contributed by atoms with Crippen LogP contribution in [-0.4, -0.2) is 30.4 Å². The second-order valence-corrected chi connectivity index (χ2v) is 8.80. The molecule has 0 radical (unpaired) electrons. The summed E-state index contributed by atoms with van der Waals surface area (Å²) in [6.07, 6.45) is -4.14. The van der Waals surface area contributed by atoms with Gasteiger partial charge in [0, 0.05) is 21.2 Å². The quantitative estimate of drug-likeness (QED) is 0.449.